The summed E-state index contributed by atoms with van der Waals surface area (Å²) in [4.78, 5) is 11.6. The molecule has 0 aliphatic rings. The number of rotatable bonds is 2. The van der Waals surface area contributed by atoms with Gasteiger partial charge in [0.1, 0.15) is 5.82 Å². The van der Waals surface area contributed by atoms with Crippen molar-refractivity contribution in [2.24, 2.45) is 0 Å². The Balaban J connectivity index is 2.04. The van der Waals surface area contributed by atoms with Crippen LogP contribution in [0.2, 0.25) is 0 Å². The smallest absolute Gasteiger partial charge is 0.271 e. The molecule has 0 bridgehead atoms. The molecule has 0 aliphatic heterocycles. The molecule has 96 valence electrons. The Labute approximate surface area is 108 Å². The first-order valence-electron chi connectivity index (χ1n) is 5.86. The van der Waals surface area contributed by atoms with Gasteiger partial charge in [-0.25, -0.2) is 4.39 Å². The Morgan fingerprint density at radius 3 is 2.58 bits per heavy atom. The third kappa shape index (κ3) is 2.10. The maximum atomic E-state index is 12.9. The van der Waals surface area contributed by atoms with Gasteiger partial charge in [0.05, 0.1) is 10.9 Å². The fourth-order valence-electron chi connectivity index (χ4n) is 2.12. The van der Waals surface area contributed by atoms with Crippen molar-refractivity contribution in [2.45, 2.75) is 6.42 Å². The molecule has 3 rings (SSSR count). The number of benzene rings is 2. The average Bonchev–Trinajstić information content (AvgIpc) is 2.74. The van der Waals surface area contributed by atoms with Gasteiger partial charge in [0.15, 0.2) is 0 Å². The van der Waals surface area contributed by atoms with Crippen molar-refractivity contribution in [3.63, 3.8) is 0 Å². The molecule has 0 atom stereocenters. The van der Waals surface area contributed by atoms with Crippen LogP contribution in [0.15, 0.2) is 41.2 Å². The Bertz CT molecular complexity index is 787. The minimum atomic E-state index is -0.269. The number of hydrogen-bond donors (Lipinski definition) is 3. The van der Waals surface area contributed by atoms with Crippen LogP contribution >= 0.6 is 0 Å². The molecule has 3 aromatic rings. The quantitative estimate of drug-likeness (QED) is 0.615. The molecular formula is C14H12FN3O. The molecule has 4 nitrogen and oxygen atoms in total. The largest absolute Gasteiger partial charge is 0.398 e. The zero-order valence-corrected chi connectivity index (χ0v) is 10.0. The SMILES string of the molecule is Nc1cc2[nH][nH]c(=O)c2cc1Cc1ccc(F)cc1. The van der Waals surface area contributed by atoms with Crippen LogP contribution in [0, 0.1) is 5.82 Å². The van der Waals surface area contributed by atoms with Gasteiger partial charge in [-0.05, 0) is 41.8 Å². The van der Waals surface area contributed by atoms with E-state index in [1.54, 1.807) is 24.3 Å². The minimum Gasteiger partial charge on any atom is -0.398 e. The monoisotopic (exact) mass is 257 g/mol. The van der Waals surface area contributed by atoms with Crippen molar-refractivity contribution in [2.75, 3.05) is 5.73 Å². The molecule has 0 amide bonds. The van der Waals surface area contributed by atoms with Crippen molar-refractivity contribution < 1.29 is 4.39 Å². The molecule has 19 heavy (non-hydrogen) atoms. The number of halogens is 1. The number of H-pyrrole nitrogens is 2. The summed E-state index contributed by atoms with van der Waals surface area (Å²) < 4.78 is 12.9. The van der Waals surface area contributed by atoms with Crippen LogP contribution in [-0.4, -0.2) is 10.2 Å². The summed E-state index contributed by atoms with van der Waals surface area (Å²) in [5, 5.41) is 5.85. The molecule has 4 N–H and O–H groups in total. The Hall–Kier alpha value is -2.56. The van der Waals surface area contributed by atoms with Crippen LogP contribution in [0.3, 0.4) is 0 Å². The summed E-state index contributed by atoms with van der Waals surface area (Å²) >= 11 is 0. The lowest BCUT2D eigenvalue weighted by atomic mass is 10.0. The van der Waals surface area contributed by atoms with E-state index in [0.717, 1.165) is 11.1 Å². The molecule has 0 saturated carbocycles. The first-order chi connectivity index (χ1) is 9.13. The third-order valence-electron chi connectivity index (χ3n) is 3.14. The van der Waals surface area contributed by atoms with Gasteiger partial charge in [0, 0.05) is 5.69 Å². The highest BCUT2D eigenvalue weighted by atomic mass is 19.1. The summed E-state index contributed by atoms with van der Waals surface area (Å²) in [5.74, 6) is -0.269. The van der Waals surface area contributed by atoms with Crippen molar-refractivity contribution in [1.82, 2.24) is 10.2 Å². The van der Waals surface area contributed by atoms with E-state index in [1.165, 1.54) is 12.1 Å². The van der Waals surface area contributed by atoms with Gasteiger partial charge in [-0.2, -0.15) is 0 Å². The normalized spacial score (nSPS) is 11.0. The van der Waals surface area contributed by atoms with Gasteiger partial charge in [-0.1, -0.05) is 12.1 Å². The van der Waals surface area contributed by atoms with Gasteiger partial charge in [0.2, 0.25) is 0 Å². The van der Waals surface area contributed by atoms with Crippen molar-refractivity contribution >= 4 is 16.6 Å². The fraction of sp³-hybridized carbons (Fsp3) is 0.0714. The fourth-order valence-corrected chi connectivity index (χ4v) is 2.12. The van der Waals surface area contributed by atoms with E-state index < -0.39 is 0 Å². The highest BCUT2D eigenvalue weighted by molar-refractivity contribution is 5.83. The topological polar surface area (TPSA) is 74.7 Å². The number of aromatic nitrogens is 2. The number of fused-ring (bicyclic) bond motifs is 1. The van der Waals surface area contributed by atoms with Gasteiger partial charge < -0.3 is 5.73 Å². The van der Waals surface area contributed by atoms with Gasteiger partial charge in [0.25, 0.3) is 5.56 Å². The molecule has 0 fully saturated rings. The van der Waals surface area contributed by atoms with Gasteiger partial charge in [-0.15, -0.1) is 0 Å². The molecule has 2 aromatic carbocycles. The summed E-state index contributed by atoms with van der Waals surface area (Å²) in [5.41, 5.74) is 8.88. The molecule has 1 heterocycles. The summed E-state index contributed by atoms with van der Waals surface area (Å²) in [6.07, 6.45) is 0.562. The number of hydrogen-bond acceptors (Lipinski definition) is 2. The van der Waals surface area contributed by atoms with E-state index in [2.05, 4.69) is 10.2 Å². The van der Waals surface area contributed by atoms with Crippen LogP contribution in [0.1, 0.15) is 11.1 Å². The molecule has 0 saturated heterocycles. The lowest BCUT2D eigenvalue weighted by Crippen LogP contribution is -2.00. The molecule has 1 aromatic heterocycles. The van der Waals surface area contributed by atoms with E-state index in [-0.39, 0.29) is 11.4 Å². The second-order valence-corrected chi connectivity index (χ2v) is 4.48. The number of nitrogens with one attached hydrogen (secondary N) is 2. The van der Waals surface area contributed by atoms with E-state index in [1.807, 2.05) is 0 Å². The second-order valence-electron chi connectivity index (χ2n) is 4.48. The van der Waals surface area contributed by atoms with Crippen LogP contribution in [0.25, 0.3) is 10.9 Å². The predicted molar refractivity (Wildman–Crippen MR) is 72.5 cm³/mol. The minimum absolute atomic E-state index is 0.171. The van der Waals surface area contributed by atoms with Gasteiger partial charge in [-0.3, -0.25) is 15.0 Å². The summed E-state index contributed by atoms with van der Waals surface area (Å²) in [7, 11) is 0. The lowest BCUT2D eigenvalue weighted by molar-refractivity contribution is 0.627. The molecule has 0 radical (unpaired) electrons. The number of anilines is 1. The van der Waals surface area contributed by atoms with E-state index >= 15 is 0 Å². The lowest BCUT2D eigenvalue weighted by Gasteiger charge is -2.06. The first kappa shape index (κ1) is 11.5. The second kappa shape index (κ2) is 4.28. The summed E-state index contributed by atoms with van der Waals surface area (Å²) in [6.45, 7) is 0. The maximum absolute atomic E-state index is 12.9. The highest BCUT2D eigenvalue weighted by Crippen LogP contribution is 2.21. The number of nitrogens with two attached hydrogens (primary N) is 1. The number of nitrogen functional groups attached to an aromatic ring is 1. The molecule has 5 heteroatoms. The Morgan fingerprint density at radius 2 is 1.84 bits per heavy atom. The van der Waals surface area contributed by atoms with Crippen LogP contribution < -0.4 is 11.3 Å². The van der Waals surface area contributed by atoms with E-state index in [4.69, 9.17) is 5.73 Å². The Morgan fingerprint density at radius 1 is 1.11 bits per heavy atom. The molecule has 0 spiro atoms. The van der Waals surface area contributed by atoms with Crippen LogP contribution in [0.4, 0.5) is 10.1 Å². The van der Waals surface area contributed by atoms with Gasteiger partial charge >= 0.3 is 0 Å². The first-order valence-corrected chi connectivity index (χ1v) is 5.86. The summed E-state index contributed by atoms with van der Waals surface area (Å²) in [6, 6.07) is 9.73. The average molecular weight is 257 g/mol. The van der Waals surface area contributed by atoms with Crippen molar-refractivity contribution in [1.29, 1.82) is 0 Å². The van der Waals surface area contributed by atoms with E-state index in [0.29, 0.717) is 23.0 Å². The maximum Gasteiger partial charge on any atom is 0.271 e. The zero-order chi connectivity index (χ0) is 13.4. The third-order valence-corrected chi connectivity index (χ3v) is 3.14. The predicted octanol–water partition coefficient (Wildman–Crippen LogP) is 2.17. The zero-order valence-electron chi connectivity index (χ0n) is 10.0. The van der Waals surface area contributed by atoms with Crippen molar-refractivity contribution in [3.8, 4) is 0 Å². The van der Waals surface area contributed by atoms with Crippen LogP contribution in [0.5, 0.6) is 0 Å². The highest BCUT2D eigenvalue weighted by Gasteiger charge is 2.07. The standard InChI is InChI=1S/C14H12FN3O/c15-10-3-1-8(2-4-10)5-9-6-11-13(7-12(9)16)17-18-14(11)19/h1-4,6-7H,5,16H2,(H2,17,18,19). The number of aromatic amines is 2. The molecular weight excluding hydrogens is 245 g/mol. The molecule has 0 unspecified atom stereocenters. The van der Waals surface area contributed by atoms with E-state index in [9.17, 15) is 9.18 Å². The van der Waals surface area contributed by atoms with Crippen molar-refractivity contribution in [3.05, 3.63) is 63.7 Å². The Kier molecular flexibility index (Phi) is 2.59. The molecule has 0 aliphatic carbocycles. The van der Waals surface area contributed by atoms with Crippen LogP contribution in [-0.2, 0) is 6.42 Å².